The van der Waals surface area contributed by atoms with E-state index in [9.17, 15) is 9.59 Å². The van der Waals surface area contributed by atoms with Gasteiger partial charge in [-0.1, -0.05) is 12.1 Å². The molecule has 6 heteroatoms. The van der Waals surface area contributed by atoms with Crippen LogP contribution in [0.25, 0.3) is 0 Å². The molecule has 0 saturated heterocycles. The Labute approximate surface area is 116 Å². The van der Waals surface area contributed by atoms with Crippen LogP contribution in [0.2, 0.25) is 0 Å². The van der Waals surface area contributed by atoms with E-state index in [0.717, 1.165) is 0 Å². The van der Waals surface area contributed by atoms with Gasteiger partial charge in [-0.3, -0.25) is 0 Å². The maximum absolute atomic E-state index is 11.5. The number of hydrogen-bond donors (Lipinski definition) is 4. The molecule has 0 aliphatic carbocycles. The highest BCUT2D eigenvalue weighted by molar-refractivity contribution is 5.82. The fourth-order valence-corrected chi connectivity index (χ4v) is 1.53. The van der Waals surface area contributed by atoms with Gasteiger partial charge in [0.1, 0.15) is 11.8 Å². The number of benzene rings is 1. The maximum Gasteiger partial charge on any atom is 0.326 e. The van der Waals surface area contributed by atoms with Crippen LogP contribution in [-0.4, -0.2) is 34.8 Å². The van der Waals surface area contributed by atoms with Gasteiger partial charge in [-0.25, -0.2) is 9.59 Å². The molecule has 0 fully saturated rings. The quantitative estimate of drug-likeness (QED) is 0.454. The molecule has 0 bridgehead atoms. The van der Waals surface area contributed by atoms with Crippen LogP contribution >= 0.6 is 0 Å². The fourth-order valence-electron chi connectivity index (χ4n) is 1.53. The van der Waals surface area contributed by atoms with E-state index >= 15 is 0 Å². The Balaban J connectivity index is 2.56. The van der Waals surface area contributed by atoms with Gasteiger partial charge in [-0.15, -0.1) is 12.3 Å². The predicted octanol–water partition coefficient (Wildman–Crippen LogP) is 0.710. The molecule has 0 aliphatic rings. The van der Waals surface area contributed by atoms with Crippen molar-refractivity contribution in [3.8, 4) is 18.1 Å². The van der Waals surface area contributed by atoms with Crippen molar-refractivity contribution in [2.75, 3.05) is 6.54 Å². The molecule has 1 aromatic carbocycles. The van der Waals surface area contributed by atoms with Crippen LogP contribution in [0.5, 0.6) is 5.75 Å². The lowest BCUT2D eigenvalue weighted by Gasteiger charge is -2.15. The SMILES string of the molecule is C#CCCNC(=O)N[C@H](Cc1ccc(O)cc1)C(=O)O. The normalized spacial score (nSPS) is 11.2. The van der Waals surface area contributed by atoms with Crippen molar-refractivity contribution in [2.45, 2.75) is 18.9 Å². The third-order valence-corrected chi connectivity index (χ3v) is 2.53. The second kappa shape index (κ2) is 7.69. The van der Waals surface area contributed by atoms with Gasteiger partial charge in [0.15, 0.2) is 0 Å². The highest BCUT2D eigenvalue weighted by atomic mass is 16.4. The summed E-state index contributed by atoms with van der Waals surface area (Å²) in [7, 11) is 0. The number of aliphatic carboxylic acids is 1. The predicted molar refractivity (Wildman–Crippen MR) is 73.2 cm³/mol. The largest absolute Gasteiger partial charge is 0.508 e. The maximum atomic E-state index is 11.5. The van der Waals surface area contributed by atoms with Crippen molar-refractivity contribution < 1.29 is 19.8 Å². The first-order chi connectivity index (χ1) is 9.52. The van der Waals surface area contributed by atoms with Crippen molar-refractivity contribution in [2.24, 2.45) is 0 Å². The van der Waals surface area contributed by atoms with Gasteiger partial charge < -0.3 is 20.8 Å². The van der Waals surface area contributed by atoms with Crippen molar-refractivity contribution in [3.05, 3.63) is 29.8 Å². The Hall–Kier alpha value is -2.68. The highest BCUT2D eigenvalue weighted by Crippen LogP contribution is 2.11. The third kappa shape index (κ3) is 5.31. The molecular weight excluding hydrogens is 260 g/mol. The number of carboxylic acid groups (broad SMARTS) is 1. The zero-order valence-electron chi connectivity index (χ0n) is 10.8. The Morgan fingerprint density at radius 1 is 1.30 bits per heavy atom. The van der Waals surface area contributed by atoms with Crippen LogP contribution in [0.4, 0.5) is 4.79 Å². The monoisotopic (exact) mass is 276 g/mol. The number of terminal acetylenes is 1. The number of phenols is 1. The van der Waals surface area contributed by atoms with Gasteiger partial charge in [0.25, 0.3) is 0 Å². The number of urea groups is 1. The number of hydrogen-bond acceptors (Lipinski definition) is 3. The molecule has 0 spiro atoms. The average molecular weight is 276 g/mol. The van der Waals surface area contributed by atoms with Gasteiger partial charge >= 0.3 is 12.0 Å². The summed E-state index contributed by atoms with van der Waals surface area (Å²) in [5, 5.41) is 23.1. The number of aromatic hydroxyl groups is 1. The molecule has 20 heavy (non-hydrogen) atoms. The Bertz CT molecular complexity index is 505. The van der Waals surface area contributed by atoms with Crippen molar-refractivity contribution >= 4 is 12.0 Å². The molecule has 0 radical (unpaired) electrons. The minimum atomic E-state index is -1.13. The van der Waals surface area contributed by atoms with Crippen LogP contribution in [-0.2, 0) is 11.2 Å². The zero-order chi connectivity index (χ0) is 15.0. The third-order valence-electron chi connectivity index (χ3n) is 2.53. The Kier molecular flexibility index (Phi) is 5.91. The molecule has 1 atom stereocenters. The number of carbonyl (C=O) groups is 2. The molecule has 0 aliphatic heterocycles. The van der Waals surface area contributed by atoms with Crippen molar-refractivity contribution in [1.29, 1.82) is 0 Å². The first kappa shape index (κ1) is 15.4. The summed E-state index contributed by atoms with van der Waals surface area (Å²) >= 11 is 0. The molecular formula is C14H16N2O4. The van der Waals surface area contributed by atoms with Gasteiger partial charge in [-0.2, -0.15) is 0 Å². The minimum Gasteiger partial charge on any atom is -0.508 e. The topological polar surface area (TPSA) is 98.7 Å². The summed E-state index contributed by atoms with van der Waals surface area (Å²) in [6.07, 6.45) is 5.54. The van der Waals surface area contributed by atoms with Crippen LogP contribution in [0.1, 0.15) is 12.0 Å². The molecule has 0 unspecified atom stereocenters. The number of phenolic OH excluding ortho intramolecular Hbond substituents is 1. The highest BCUT2D eigenvalue weighted by Gasteiger charge is 2.20. The zero-order valence-corrected chi connectivity index (χ0v) is 10.8. The minimum absolute atomic E-state index is 0.0978. The number of amides is 2. The molecule has 6 nitrogen and oxygen atoms in total. The van der Waals surface area contributed by atoms with Crippen LogP contribution in [0.3, 0.4) is 0 Å². The second-order valence-electron chi connectivity index (χ2n) is 4.12. The molecule has 0 saturated carbocycles. The lowest BCUT2D eigenvalue weighted by atomic mass is 10.1. The standard InChI is InChI=1S/C14H16N2O4/c1-2-3-8-15-14(20)16-12(13(18)19)9-10-4-6-11(17)7-5-10/h1,4-7,12,17H,3,8-9H2,(H,18,19)(H2,15,16,20)/t12-/m1/s1. The van der Waals surface area contributed by atoms with E-state index in [1.54, 1.807) is 12.1 Å². The summed E-state index contributed by atoms with van der Waals surface area (Å²) in [4.78, 5) is 22.6. The summed E-state index contributed by atoms with van der Waals surface area (Å²) < 4.78 is 0. The number of carboxylic acids is 1. The molecule has 0 heterocycles. The van der Waals surface area contributed by atoms with E-state index in [2.05, 4.69) is 16.6 Å². The molecule has 1 aromatic rings. The van der Waals surface area contributed by atoms with E-state index in [-0.39, 0.29) is 18.7 Å². The van der Waals surface area contributed by atoms with Gasteiger partial charge in [-0.05, 0) is 17.7 Å². The lowest BCUT2D eigenvalue weighted by molar-refractivity contribution is -0.139. The fraction of sp³-hybridized carbons (Fsp3) is 0.286. The Morgan fingerprint density at radius 2 is 1.95 bits per heavy atom. The number of rotatable bonds is 6. The van der Waals surface area contributed by atoms with Gasteiger partial charge in [0.05, 0.1) is 0 Å². The van der Waals surface area contributed by atoms with E-state index in [1.165, 1.54) is 12.1 Å². The first-order valence-corrected chi connectivity index (χ1v) is 6.01. The number of nitrogens with one attached hydrogen (secondary N) is 2. The number of carbonyl (C=O) groups excluding carboxylic acids is 1. The van der Waals surface area contributed by atoms with E-state index in [4.69, 9.17) is 16.6 Å². The van der Waals surface area contributed by atoms with E-state index in [0.29, 0.717) is 12.0 Å². The van der Waals surface area contributed by atoms with E-state index < -0.39 is 18.0 Å². The summed E-state index contributed by atoms with van der Waals surface area (Å²) in [6, 6.07) is 4.49. The average Bonchev–Trinajstić information content (AvgIpc) is 2.40. The van der Waals surface area contributed by atoms with Crippen LogP contribution < -0.4 is 10.6 Å². The molecule has 1 rings (SSSR count). The van der Waals surface area contributed by atoms with Crippen LogP contribution in [0, 0.1) is 12.3 Å². The van der Waals surface area contributed by atoms with Gasteiger partial charge in [0.2, 0.25) is 0 Å². The Morgan fingerprint density at radius 3 is 2.50 bits per heavy atom. The molecule has 106 valence electrons. The van der Waals surface area contributed by atoms with Crippen molar-refractivity contribution in [3.63, 3.8) is 0 Å². The van der Waals surface area contributed by atoms with Crippen molar-refractivity contribution in [1.82, 2.24) is 10.6 Å². The molecule has 4 N–H and O–H groups in total. The second-order valence-corrected chi connectivity index (χ2v) is 4.12. The summed E-state index contributed by atoms with van der Waals surface area (Å²) in [6.45, 7) is 0.286. The first-order valence-electron chi connectivity index (χ1n) is 6.01. The summed E-state index contributed by atoms with van der Waals surface area (Å²) in [5.41, 5.74) is 0.694. The summed E-state index contributed by atoms with van der Waals surface area (Å²) in [5.74, 6) is 1.33. The molecule has 2 amide bonds. The van der Waals surface area contributed by atoms with E-state index in [1.807, 2.05) is 0 Å². The van der Waals surface area contributed by atoms with Gasteiger partial charge in [0, 0.05) is 19.4 Å². The molecule has 0 aromatic heterocycles. The van der Waals surface area contributed by atoms with Crippen LogP contribution in [0.15, 0.2) is 24.3 Å². The lowest BCUT2D eigenvalue weighted by Crippen LogP contribution is -2.47. The smallest absolute Gasteiger partial charge is 0.326 e.